The summed E-state index contributed by atoms with van der Waals surface area (Å²) in [6, 6.07) is 0. The molecule has 0 unspecified atom stereocenters. The number of aromatic nitrogens is 4. The summed E-state index contributed by atoms with van der Waals surface area (Å²) in [5.41, 5.74) is -0.404. The van der Waals surface area contributed by atoms with Gasteiger partial charge in [0.25, 0.3) is 0 Å². The average molecular weight is 279 g/mol. The van der Waals surface area contributed by atoms with Crippen molar-refractivity contribution < 1.29 is 9.90 Å². The summed E-state index contributed by atoms with van der Waals surface area (Å²) in [5.74, 6) is 1.27. The molecule has 1 aliphatic carbocycles. The highest BCUT2D eigenvalue weighted by molar-refractivity contribution is 5.76. The number of hydrogen-bond donors (Lipinski definition) is 1. The summed E-state index contributed by atoms with van der Waals surface area (Å²) in [4.78, 5) is 14.1. The third-order valence-corrected chi connectivity index (χ3v) is 4.62. The first kappa shape index (κ1) is 13.5. The van der Waals surface area contributed by atoms with Crippen LogP contribution in [0.25, 0.3) is 0 Å². The van der Waals surface area contributed by atoms with Crippen LogP contribution in [0.15, 0.2) is 0 Å². The Morgan fingerprint density at radius 2 is 2.10 bits per heavy atom. The van der Waals surface area contributed by atoms with Crippen molar-refractivity contribution in [1.29, 1.82) is 0 Å². The van der Waals surface area contributed by atoms with E-state index in [1.165, 1.54) is 0 Å². The highest BCUT2D eigenvalue weighted by atomic mass is 16.3. The van der Waals surface area contributed by atoms with Gasteiger partial charge in [-0.15, -0.1) is 5.10 Å². The summed E-state index contributed by atoms with van der Waals surface area (Å²) in [7, 11) is 0. The minimum atomic E-state index is -0.404. The Hall–Kier alpha value is -1.50. The van der Waals surface area contributed by atoms with E-state index in [0.29, 0.717) is 18.9 Å². The van der Waals surface area contributed by atoms with E-state index in [9.17, 15) is 9.90 Å². The minimum Gasteiger partial charge on any atom is -0.390 e. The van der Waals surface area contributed by atoms with E-state index in [1.54, 1.807) is 4.68 Å². The van der Waals surface area contributed by atoms with E-state index < -0.39 is 5.60 Å². The van der Waals surface area contributed by atoms with Gasteiger partial charge in [-0.2, -0.15) is 0 Å². The molecule has 7 nitrogen and oxygen atoms in total. The summed E-state index contributed by atoms with van der Waals surface area (Å²) >= 11 is 0. The zero-order chi connectivity index (χ0) is 14.2. The van der Waals surface area contributed by atoms with E-state index in [4.69, 9.17) is 0 Å². The second-order valence-corrected chi connectivity index (χ2v) is 5.96. The molecule has 7 heteroatoms. The molecule has 1 saturated carbocycles. The Kier molecular flexibility index (Phi) is 3.45. The topological polar surface area (TPSA) is 84.1 Å². The molecule has 2 heterocycles. The molecule has 2 aliphatic rings. The molecule has 1 aliphatic heterocycles. The van der Waals surface area contributed by atoms with Gasteiger partial charge in [-0.05, 0) is 49.0 Å². The van der Waals surface area contributed by atoms with Crippen LogP contribution < -0.4 is 0 Å². The summed E-state index contributed by atoms with van der Waals surface area (Å²) in [6.07, 6.45) is 4.15. The molecule has 0 radical (unpaired) electrons. The first-order valence-corrected chi connectivity index (χ1v) is 7.31. The fourth-order valence-electron chi connectivity index (χ4n) is 3.02. The number of piperidine rings is 1. The molecule has 0 bridgehead atoms. The largest absolute Gasteiger partial charge is 0.390 e. The maximum absolute atomic E-state index is 12.2. The molecular weight excluding hydrogens is 258 g/mol. The molecule has 1 aromatic heterocycles. The Labute approximate surface area is 117 Å². The molecule has 1 amide bonds. The van der Waals surface area contributed by atoms with Gasteiger partial charge in [-0.1, -0.05) is 0 Å². The van der Waals surface area contributed by atoms with E-state index in [-0.39, 0.29) is 5.91 Å². The van der Waals surface area contributed by atoms with Crippen molar-refractivity contribution in [1.82, 2.24) is 25.1 Å². The van der Waals surface area contributed by atoms with Crippen LogP contribution in [0.2, 0.25) is 0 Å². The lowest BCUT2D eigenvalue weighted by atomic mass is 9.89. The first-order chi connectivity index (χ1) is 9.58. The maximum Gasteiger partial charge on any atom is 0.224 e. The van der Waals surface area contributed by atoms with Crippen molar-refractivity contribution in [3.05, 3.63) is 5.82 Å². The molecule has 0 spiro atoms. The smallest absolute Gasteiger partial charge is 0.224 e. The number of nitrogens with zero attached hydrogens (tertiary/aromatic N) is 5. The van der Waals surface area contributed by atoms with Crippen LogP contribution in [0.5, 0.6) is 0 Å². The highest BCUT2D eigenvalue weighted by Gasteiger charge is 2.48. The summed E-state index contributed by atoms with van der Waals surface area (Å²) < 4.78 is 1.65. The third kappa shape index (κ3) is 2.67. The predicted octanol–water partition coefficient (Wildman–Crippen LogP) is 0.135. The Balaban J connectivity index is 1.46. The van der Waals surface area contributed by atoms with Gasteiger partial charge in [0, 0.05) is 19.5 Å². The number of aryl methyl sites for hydroxylation is 2. The third-order valence-electron chi connectivity index (χ3n) is 4.62. The highest BCUT2D eigenvalue weighted by Crippen LogP contribution is 2.46. The van der Waals surface area contributed by atoms with Crippen LogP contribution in [0.1, 0.15) is 37.9 Å². The summed E-state index contributed by atoms with van der Waals surface area (Å²) in [5, 5.41) is 21.3. The molecule has 1 aromatic rings. The lowest BCUT2D eigenvalue weighted by Crippen LogP contribution is -2.42. The summed E-state index contributed by atoms with van der Waals surface area (Å²) in [6.45, 7) is 3.88. The quantitative estimate of drug-likeness (QED) is 0.847. The molecule has 20 heavy (non-hydrogen) atoms. The number of aliphatic hydroxyl groups is 1. The molecule has 0 atom stereocenters. The van der Waals surface area contributed by atoms with Crippen LogP contribution in [-0.4, -0.2) is 54.8 Å². The molecule has 2 fully saturated rings. The molecular formula is C13H21N5O2. The van der Waals surface area contributed by atoms with Crippen LogP contribution >= 0.6 is 0 Å². The predicted molar refractivity (Wildman–Crippen MR) is 70.7 cm³/mol. The van der Waals surface area contributed by atoms with Crippen molar-refractivity contribution in [2.75, 3.05) is 13.1 Å². The van der Waals surface area contributed by atoms with E-state index >= 15 is 0 Å². The Morgan fingerprint density at radius 3 is 2.65 bits per heavy atom. The maximum atomic E-state index is 12.2. The van der Waals surface area contributed by atoms with Crippen molar-refractivity contribution in [3.8, 4) is 0 Å². The molecule has 1 saturated heterocycles. The lowest BCUT2D eigenvalue weighted by molar-refractivity contribution is -0.133. The standard InChI is InChI=1S/C13H21N5O2/c1-10-14-15-16-18(10)9-4-12(19)17-7-2-11(3-8-17)13(20)5-6-13/h11,20H,2-9H2,1H3. The number of rotatable bonds is 4. The number of likely N-dealkylation sites (tertiary alicyclic amines) is 1. The zero-order valence-corrected chi connectivity index (χ0v) is 11.8. The minimum absolute atomic E-state index is 0.154. The fourth-order valence-corrected chi connectivity index (χ4v) is 3.02. The average Bonchev–Trinajstić information content (AvgIpc) is 3.08. The number of hydrogen-bond acceptors (Lipinski definition) is 5. The van der Waals surface area contributed by atoms with Crippen molar-refractivity contribution in [3.63, 3.8) is 0 Å². The monoisotopic (exact) mass is 279 g/mol. The normalized spacial score (nSPS) is 22.0. The molecule has 3 rings (SSSR count). The van der Waals surface area contributed by atoms with Gasteiger partial charge >= 0.3 is 0 Å². The van der Waals surface area contributed by atoms with Gasteiger partial charge in [0.15, 0.2) is 0 Å². The van der Waals surface area contributed by atoms with E-state index in [1.807, 2.05) is 11.8 Å². The van der Waals surface area contributed by atoms with Gasteiger partial charge in [-0.25, -0.2) is 4.68 Å². The second-order valence-electron chi connectivity index (χ2n) is 5.96. The van der Waals surface area contributed by atoms with Crippen LogP contribution in [-0.2, 0) is 11.3 Å². The van der Waals surface area contributed by atoms with Gasteiger partial charge in [0.05, 0.1) is 12.1 Å². The van der Waals surface area contributed by atoms with Gasteiger partial charge in [0.1, 0.15) is 5.82 Å². The van der Waals surface area contributed by atoms with Gasteiger partial charge in [-0.3, -0.25) is 4.79 Å². The van der Waals surface area contributed by atoms with E-state index in [0.717, 1.165) is 44.6 Å². The Morgan fingerprint density at radius 1 is 1.40 bits per heavy atom. The molecule has 110 valence electrons. The van der Waals surface area contributed by atoms with Crippen LogP contribution in [0, 0.1) is 12.8 Å². The number of tetrazole rings is 1. The van der Waals surface area contributed by atoms with E-state index in [2.05, 4.69) is 15.5 Å². The second kappa shape index (κ2) is 5.12. The van der Waals surface area contributed by atoms with Crippen molar-refractivity contribution in [2.24, 2.45) is 5.92 Å². The molecule has 1 N–H and O–H groups in total. The first-order valence-electron chi connectivity index (χ1n) is 7.31. The number of amides is 1. The SMILES string of the molecule is Cc1nnnn1CCC(=O)N1CCC(C2(O)CC2)CC1. The lowest BCUT2D eigenvalue weighted by Gasteiger charge is -2.34. The van der Waals surface area contributed by atoms with Crippen LogP contribution in [0.4, 0.5) is 0 Å². The van der Waals surface area contributed by atoms with Gasteiger partial charge < -0.3 is 10.0 Å². The number of carbonyl (C=O) groups excluding carboxylic acids is 1. The molecule has 0 aromatic carbocycles. The van der Waals surface area contributed by atoms with Crippen molar-refractivity contribution >= 4 is 5.91 Å². The zero-order valence-electron chi connectivity index (χ0n) is 11.8. The van der Waals surface area contributed by atoms with Gasteiger partial charge in [0.2, 0.25) is 5.91 Å². The number of carbonyl (C=O) groups is 1. The van der Waals surface area contributed by atoms with Crippen molar-refractivity contribution in [2.45, 2.75) is 51.2 Å². The fraction of sp³-hybridized carbons (Fsp3) is 0.846. The van der Waals surface area contributed by atoms with Crippen LogP contribution in [0.3, 0.4) is 0 Å². The Bertz CT molecular complexity index is 489.